The maximum Gasteiger partial charge on any atom is 0.276 e. The third-order valence-electron chi connectivity index (χ3n) is 1.65. The summed E-state index contributed by atoms with van der Waals surface area (Å²) in [5, 5.41) is 3.37. The maximum atomic E-state index is 11.4. The highest BCUT2D eigenvalue weighted by atomic mass is 32.2. The van der Waals surface area contributed by atoms with Crippen molar-refractivity contribution >= 4 is 22.7 Å². The fourth-order valence-electron chi connectivity index (χ4n) is 0.934. The molecule has 0 radical (unpaired) electrons. The molecule has 0 spiro atoms. The van der Waals surface area contributed by atoms with Gasteiger partial charge in [-0.15, -0.1) is 0 Å². The summed E-state index contributed by atoms with van der Waals surface area (Å²) in [6.07, 6.45) is 2.11. The molecule has 72 valence electrons. The Bertz CT molecular complexity index is 248. The van der Waals surface area contributed by atoms with Crippen LogP contribution in [0.4, 0.5) is 0 Å². The van der Waals surface area contributed by atoms with Crippen molar-refractivity contribution in [3.8, 4) is 0 Å². The molecule has 0 atom stereocenters. The van der Waals surface area contributed by atoms with Crippen molar-refractivity contribution in [1.82, 2.24) is 5.32 Å². The van der Waals surface area contributed by atoms with E-state index in [0.29, 0.717) is 11.6 Å². The van der Waals surface area contributed by atoms with E-state index >= 15 is 0 Å². The molecule has 1 rings (SSSR count). The van der Waals surface area contributed by atoms with Crippen LogP contribution in [0.25, 0.3) is 0 Å². The van der Waals surface area contributed by atoms with Gasteiger partial charge in [0, 0.05) is 11.4 Å². The zero-order valence-corrected chi connectivity index (χ0v) is 8.62. The first-order chi connectivity index (χ1) is 6.24. The van der Waals surface area contributed by atoms with Gasteiger partial charge in [0.2, 0.25) is 0 Å². The molecule has 0 saturated carbocycles. The summed E-state index contributed by atoms with van der Waals surface area (Å²) in [4.78, 5) is 16.4. The van der Waals surface area contributed by atoms with Gasteiger partial charge in [-0.05, 0) is 6.42 Å². The minimum Gasteiger partial charge on any atom is -0.350 e. The predicted molar refractivity (Wildman–Crippen MR) is 57.0 cm³/mol. The van der Waals surface area contributed by atoms with Crippen molar-refractivity contribution in [1.29, 1.82) is 0 Å². The number of nitrogens with one attached hydrogen (secondary N) is 1. The van der Waals surface area contributed by atoms with Crippen LogP contribution in [0.2, 0.25) is 0 Å². The quantitative estimate of drug-likeness (QED) is 0.696. The van der Waals surface area contributed by atoms with Crippen molar-refractivity contribution in [2.24, 2.45) is 4.99 Å². The van der Waals surface area contributed by atoms with Crippen molar-refractivity contribution in [3.05, 3.63) is 11.5 Å². The lowest BCUT2D eigenvalue weighted by Crippen LogP contribution is -2.29. The lowest BCUT2D eigenvalue weighted by molar-refractivity contribution is -0.114. The molecule has 0 fully saturated rings. The fourth-order valence-corrected chi connectivity index (χ4v) is 1.63. The van der Waals surface area contributed by atoms with Crippen LogP contribution in [0.1, 0.15) is 19.8 Å². The Labute approximate surface area is 82.7 Å². The smallest absolute Gasteiger partial charge is 0.276 e. The normalized spacial score (nSPS) is 15.8. The van der Waals surface area contributed by atoms with Gasteiger partial charge in [0.25, 0.3) is 5.91 Å². The van der Waals surface area contributed by atoms with Gasteiger partial charge >= 0.3 is 0 Å². The molecular weight excluding hydrogens is 184 g/mol. The van der Waals surface area contributed by atoms with Gasteiger partial charge in [0.05, 0.1) is 6.54 Å². The van der Waals surface area contributed by atoms with E-state index in [1.54, 1.807) is 0 Å². The van der Waals surface area contributed by atoms with Crippen molar-refractivity contribution in [2.75, 3.05) is 13.1 Å². The molecule has 1 aliphatic heterocycles. The summed E-state index contributed by atoms with van der Waals surface area (Å²) in [6, 6.07) is 0. The molecule has 4 heteroatoms. The van der Waals surface area contributed by atoms with E-state index in [4.69, 9.17) is 0 Å². The first-order valence-corrected chi connectivity index (χ1v) is 5.24. The summed E-state index contributed by atoms with van der Waals surface area (Å²) >= 11 is 1.38. The van der Waals surface area contributed by atoms with Crippen molar-refractivity contribution in [3.63, 3.8) is 0 Å². The number of unbranched alkanes of at least 4 members (excludes halogenated alkanes) is 1. The predicted octanol–water partition coefficient (Wildman–Crippen LogP) is 1.56. The third-order valence-corrected chi connectivity index (χ3v) is 2.58. The molecule has 0 aromatic rings. The Morgan fingerprint density at radius 3 is 3.08 bits per heavy atom. The average Bonchev–Trinajstić information content (AvgIpc) is 2.52. The Morgan fingerprint density at radius 1 is 1.77 bits per heavy atom. The molecular formula is C9H14N2OS. The number of amides is 1. The second kappa shape index (κ2) is 5.07. The van der Waals surface area contributed by atoms with Crippen LogP contribution in [-0.4, -0.2) is 24.0 Å². The van der Waals surface area contributed by atoms with Gasteiger partial charge in [-0.2, -0.15) is 0 Å². The number of thioether (sulfide) groups is 1. The monoisotopic (exact) mass is 198 g/mol. The topological polar surface area (TPSA) is 41.5 Å². The lowest BCUT2D eigenvalue weighted by Gasteiger charge is -2.01. The van der Waals surface area contributed by atoms with E-state index in [0.717, 1.165) is 24.3 Å². The third kappa shape index (κ3) is 3.22. The molecule has 0 unspecified atom stereocenters. The standard InChI is InChI=1S/C9H14N2OS/c1-3-4-5-10-8(12)9-11-6-7(2)13-9/h2-6H2,1H3,(H,10,12). The van der Waals surface area contributed by atoms with Crippen LogP contribution in [0, 0.1) is 0 Å². The second-order valence-corrected chi connectivity index (χ2v) is 4.04. The van der Waals surface area contributed by atoms with E-state index in [1.165, 1.54) is 11.8 Å². The highest BCUT2D eigenvalue weighted by Gasteiger charge is 2.17. The minimum atomic E-state index is -0.0582. The van der Waals surface area contributed by atoms with E-state index in [2.05, 4.69) is 23.8 Å². The highest BCUT2D eigenvalue weighted by molar-refractivity contribution is 8.19. The van der Waals surface area contributed by atoms with Crippen LogP contribution >= 0.6 is 11.8 Å². The molecule has 0 aromatic carbocycles. The number of carbonyl (C=O) groups excluding carboxylic acids is 1. The maximum absolute atomic E-state index is 11.4. The van der Waals surface area contributed by atoms with Gasteiger partial charge in [0.15, 0.2) is 5.04 Å². The van der Waals surface area contributed by atoms with E-state index < -0.39 is 0 Å². The molecule has 0 aromatic heterocycles. The Morgan fingerprint density at radius 2 is 2.54 bits per heavy atom. The van der Waals surface area contributed by atoms with Crippen LogP contribution in [-0.2, 0) is 4.79 Å². The summed E-state index contributed by atoms with van der Waals surface area (Å²) < 4.78 is 0. The molecule has 0 aliphatic carbocycles. The van der Waals surface area contributed by atoms with Crippen molar-refractivity contribution in [2.45, 2.75) is 19.8 Å². The first kappa shape index (κ1) is 10.3. The Hall–Kier alpha value is -0.770. The number of carbonyl (C=O) groups is 1. The van der Waals surface area contributed by atoms with Gasteiger partial charge in [0.1, 0.15) is 0 Å². The Balaban J connectivity index is 2.28. The Kier molecular flexibility index (Phi) is 4.02. The van der Waals surface area contributed by atoms with Crippen LogP contribution in [0.15, 0.2) is 16.5 Å². The first-order valence-electron chi connectivity index (χ1n) is 4.42. The molecule has 13 heavy (non-hydrogen) atoms. The number of rotatable bonds is 4. The average molecular weight is 198 g/mol. The van der Waals surface area contributed by atoms with Crippen molar-refractivity contribution < 1.29 is 4.79 Å². The molecule has 1 N–H and O–H groups in total. The van der Waals surface area contributed by atoms with Gasteiger partial charge < -0.3 is 5.32 Å². The van der Waals surface area contributed by atoms with E-state index in [9.17, 15) is 4.79 Å². The van der Waals surface area contributed by atoms with Crippen LogP contribution in [0.5, 0.6) is 0 Å². The molecule has 0 bridgehead atoms. The van der Waals surface area contributed by atoms with Crippen LogP contribution < -0.4 is 5.32 Å². The number of hydrogen-bond acceptors (Lipinski definition) is 3. The number of hydrogen-bond donors (Lipinski definition) is 1. The summed E-state index contributed by atoms with van der Waals surface area (Å²) in [6.45, 7) is 7.17. The van der Waals surface area contributed by atoms with Gasteiger partial charge in [-0.3, -0.25) is 9.79 Å². The van der Waals surface area contributed by atoms with E-state index in [1.807, 2.05) is 0 Å². The van der Waals surface area contributed by atoms with Crippen LogP contribution in [0.3, 0.4) is 0 Å². The molecule has 3 nitrogen and oxygen atoms in total. The summed E-state index contributed by atoms with van der Waals surface area (Å²) in [7, 11) is 0. The fraction of sp³-hybridized carbons (Fsp3) is 0.556. The zero-order chi connectivity index (χ0) is 9.68. The highest BCUT2D eigenvalue weighted by Crippen LogP contribution is 2.22. The summed E-state index contributed by atoms with van der Waals surface area (Å²) in [5.41, 5.74) is 0. The zero-order valence-electron chi connectivity index (χ0n) is 7.80. The second-order valence-electron chi connectivity index (χ2n) is 2.87. The minimum absolute atomic E-state index is 0.0582. The molecule has 1 heterocycles. The largest absolute Gasteiger partial charge is 0.350 e. The molecule has 1 aliphatic rings. The molecule has 1 amide bonds. The van der Waals surface area contributed by atoms with Gasteiger partial charge in [-0.25, -0.2) is 0 Å². The lowest BCUT2D eigenvalue weighted by atomic mass is 10.3. The summed E-state index contributed by atoms with van der Waals surface area (Å²) in [5.74, 6) is -0.0582. The number of aliphatic imine (C=N–C) groups is 1. The number of nitrogens with zero attached hydrogens (tertiary/aromatic N) is 1. The van der Waals surface area contributed by atoms with E-state index in [-0.39, 0.29) is 5.91 Å². The van der Waals surface area contributed by atoms with Gasteiger partial charge in [-0.1, -0.05) is 31.7 Å². The SMILES string of the molecule is C=C1CN=C(C(=O)NCCCC)S1. The molecule has 0 saturated heterocycles.